The molecule has 1 aliphatic rings. The molecule has 0 spiro atoms. The summed E-state index contributed by atoms with van der Waals surface area (Å²) >= 11 is 3.29. The summed E-state index contributed by atoms with van der Waals surface area (Å²) in [4.78, 5) is 42.7. The number of anilines is 1. The Bertz CT molecular complexity index is 1410. The van der Waals surface area contributed by atoms with Gasteiger partial charge in [0.1, 0.15) is 5.60 Å². The Labute approximate surface area is 250 Å². The molecule has 13 heteroatoms. The molecule has 1 aromatic heterocycles. The molecular weight excluding hydrogens is 589 g/mol. The van der Waals surface area contributed by atoms with Crippen LogP contribution in [0.4, 0.5) is 23.7 Å². The maximum atomic E-state index is 13.4. The molecule has 1 aliphatic carbocycles. The van der Waals surface area contributed by atoms with E-state index >= 15 is 0 Å². The number of ether oxygens (including phenoxy) is 1. The van der Waals surface area contributed by atoms with E-state index < -0.39 is 47.4 Å². The van der Waals surface area contributed by atoms with Crippen LogP contribution in [-0.2, 0) is 15.7 Å². The number of carbonyl (C=O) groups excluding carboxylic acids is 3. The van der Waals surface area contributed by atoms with E-state index in [1.807, 2.05) is 24.3 Å². The molecule has 1 heterocycles. The van der Waals surface area contributed by atoms with Crippen LogP contribution in [0.15, 0.2) is 46.8 Å². The van der Waals surface area contributed by atoms with Gasteiger partial charge in [-0.15, -0.1) is 11.3 Å². The number of nitrogens with one attached hydrogen (secondary N) is 3. The van der Waals surface area contributed by atoms with Crippen LogP contribution >= 0.6 is 23.1 Å². The maximum absolute atomic E-state index is 13.4. The van der Waals surface area contributed by atoms with Crippen molar-refractivity contribution in [1.82, 2.24) is 15.6 Å². The molecule has 1 fully saturated rings. The fourth-order valence-corrected chi connectivity index (χ4v) is 6.96. The molecule has 1 saturated carbocycles. The second-order valence-electron chi connectivity index (χ2n) is 11.0. The van der Waals surface area contributed by atoms with Crippen LogP contribution < -0.4 is 16.0 Å². The van der Waals surface area contributed by atoms with Gasteiger partial charge >= 0.3 is 12.3 Å². The second kappa shape index (κ2) is 13.3. The molecule has 2 aromatic carbocycles. The molecule has 0 aliphatic heterocycles. The van der Waals surface area contributed by atoms with Crippen molar-refractivity contribution in [1.29, 1.82) is 0 Å². The van der Waals surface area contributed by atoms with Gasteiger partial charge in [0.15, 0.2) is 4.34 Å². The fraction of sp³-hybridized carbons (Fsp3) is 0.448. The molecule has 0 bridgehead atoms. The number of carbonyl (C=O) groups is 3. The third-order valence-electron chi connectivity index (χ3n) is 6.59. The van der Waals surface area contributed by atoms with E-state index in [1.54, 1.807) is 43.9 Å². The average molecular weight is 623 g/mol. The van der Waals surface area contributed by atoms with Gasteiger partial charge in [0.05, 0.1) is 33.6 Å². The topological polar surface area (TPSA) is 109 Å². The van der Waals surface area contributed by atoms with Crippen molar-refractivity contribution in [3.8, 4) is 0 Å². The van der Waals surface area contributed by atoms with Crippen molar-refractivity contribution < 1.29 is 32.3 Å². The summed E-state index contributed by atoms with van der Waals surface area (Å²) in [5, 5.41) is 7.71. The number of thiazole rings is 1. The molecule has 3 aromatic rings. The molecule has 0 saturated heterocycles. The molecule has 8 nitrogen and oxygen atoms in total. The summed E-state index contributed by atoms with van der Waals surface area (Å²) in [7, 11) is 0. The van der Waals surface area contributed by atoms with Crippen molar-refractivity contribution in [3.63, 3.8) is 0 Å². The number of amides is 3. The number of alkyl halides is 3. The summed E-state index contributed by atoms with van der Waals surface area (Å²) in [6.45, 7) is 4.45. The number of aromatic nitrogens is 1. The Morgan fingerprint density at radius 3 is 2.52 bits per heavy atom. The monoisotopic (exact) mass is 622 g/mol. The first-order valence-electron chi connectivity index (χ1n) is 13.6. The van der Waals surface area contributed by atoms with Crippen LogP contribution in [0.25, 0.3) is 10.2 Å². The third kappa shape index (κ3) is 8.84. The van der Waals surface area contributed by atoms with Crippen molar-refractivity contribution in [2.24, 2.45) is 5.92 Å². The first-order valence-corrected chi connectivity index (χ1v) is 15.4. The lowest BCUT2D eigenvalue weighted by atomic mass is 9.86. The smallest absolute Gasteiger partial charge is 0.416 e. The molecule has 3 amide bonds. The lowest BCUT2D eigenvalue weighted by Crippen LogP contribution is -2.47. The van der Waals surface area contributed by atoms with Crippen LogP contribution in [0, 0.1) is 5.92 Å². The number of para-hydroxylation sites is 1. The Morgan fingerprint density at radius 1 is 1.07 bits per heavy atom. The normalized spacial score (nSPS) is 17.5. The first-order chi connectivity index (χ1) is 19.8. The Balaban J connectivity index is 1.37. The highest BCUT2D eigenvalue weighted by Gasteiger charge is 2.32. The number of thioether (sulfide) groups is 1. The Hall–Kier alpha value is -3.32. The SMILES string of the molecule is CC(C)(C)OC(=O)Nc1ccc(C(F)(F)F)cc1C(=O)NCC(=O)N[C@H]1CCCC[C@H]1CSc1nc2ccccc2s1. The highest BCUT2D eigenvalue weighted by atomic mass is 32.2. The van der Waals surface area contributed by atoms with Gasteiger partial charge in [-0.3, -0.25) is 14.9 Å². The predicted octanol–water partition coefficient (Wildman–Crippen LogP) is 6.86. The van der Waals surface area contributed by atoms with Crippen LogP contribution in [0.2, 0.25) is 0 Å². The molecule has 0 unspecified atom stereocenters. The summed E-state index contributed by atoms with van der Waals surface area (Å²) in [6, 6.07) is 10.2. The summed E-state index contributed by atoms with van der Waals surface area (Å²) < 4.78 is 47.4. The molecule has 2 atom stereocenters. The van der Waals surface area contributed by atoms with Crippen LogP contribution in [0.5, 0.6) is 0 Å². The number of hydrogen-bond acceptors (Lipinski definition) is 7. The van der Waals surface area contributed by atoms with E-state index in [-0.39, 0.29) is 17.6 Å². The van der Waals surface area contributed by atoms with Gasteiger partial charge < -0.3 is 15.4 Å². The van der Waals surface area contributed by atoms with Gasteiger partial charge in [-0.2, -0.15) is 13.2 Å². The van der Waals surface area contributed by atoms with Gasteiger partial charge in [-0.1, -0.05) is 36.7 Å². The molecular formula is C29H33F3N4O4S2. The number of fused-ring (bicyclic) bond motifs is 1. The van der Waals surface area contributed by atoms with Gasteiger partial charge in [-0.05, 0) is 69.9 Å². The van der Waals surface area contributed by atoms with Crippen LogP contribution in [-0.4, -0.2) is 46.8 Å². The van der Waals surface area contributed by atoms with Gasteiger partial charge in [0.2, 0.25) is 5.91 Å². The first kappa shape index (κ1) is 31.6. The van der Waals surface area contributed by atoms with E-state index in [4.69, 9.17) is 4.74 Å². The Morgan fingerprint density at radius 2 is 1.81 bits per heavy atom. The molecule has 0 radical (unpaired) electrons. The standard InChI is InChI=1S/C29H33F3N4O4S2/c1-28(2,3)40-26(39)35-21-13-12-18(29(30,31)32)14-19(21)25(38)33-15-24(37)34-20-9-5-4-8-17(20)16-41-27-36-22-10-6-7-11-23(22)42-27/h6-7,10-14,17,20H,4-5,8-9,15-16H2,1-3H3,(H,33,38)(H,34,37)(H,35,39)/t17-,20-/m0/s1. The van der Waals surface area contributed by atoms with E-state index in [9.17, 15) is 27.6 Å². The van der Waals surface area contributed by atoms with Crippen molar-refractivity contribution in [2.45, 2.75) is 68.6 Å². The summed E-state index contributed by atoms with van der Waals surface area (Å²) in [5.74, 6) is -0.391. The zero-order valence-corrected chi connectivity index (χ0v) is 25.1. The van der Waals surface area contributed by atoms with E-state index in [1.165, 1.54) is 0 Å². The van der Waals surface area contributed by atoms with E-state index in [0.29, 0.717) is 6.07 Å². The molecule has 42 heavy (non-hydrogen) atoms. The number of benzene rings is 2. The minimum atomic E-state index is -4.71. The zero-order chi connectivity index (χ0) is 30.5. The van der Waals surface area contributed by atoms with E-state index in [2.05, 4.69) is 20.9 Å². The zero-order valence-electron chi connectivity index (χ0n) is 23.5. The van der Waals surface area contributed by atoms with Crippen LogP contribution in [0.1, 0.15) is 62.4 Å². The highest BCUT2D eigenvalue weighted by Crippen LogP contribution is 2.35. The lowest BCUT2D eigenvalue weighted by molar-refractivity contribution is -0.137. The lowest BCUT2D eigenvalue weighted by Gasteiger charge is -2.32. The maximum Gasteiger partial charge on any atom is 0.416 e. The fourth-order valence-electron chi connectivity index (χ4n) is 4.63. The third-order valence-corrected chi connectivity index (χ3v) is 8.95. The Kier molecular flexibility index (Phi) is 10.0. The molecule has 3 N–H and O–H groups in total. The number of nitrogens with zero attached hydrogens (tertiary/aromatic N) is 1. The van der Waals surface area contributed by atoms with Crippen molar-refractivity contribution >= 4 is 56.9 Å². The summed E-state index contributed by atoms with van der Waals surface area (Å²) in [5.41, 5.74) is -1.58. The predicted molar refractivity (Wildman–Crippen MR) is 158 cm³/mol. The second-order valence-corrected chi connectivity index (χ2v) is 13.3. The number of hydrogen-bond donors (Lipinski definition) is 3. The largest absolute Gasteiger partial charge is 0.444 e. The minimum Gasteiger partial charge on any atom is -0.444 e. The summed E-state index contributed by atoms with van der Waals surface area (Å²) in [6.07, 6.45) is -1.89. The van der Waals surface area contributed by atoms with Crippen LogP contribution in [0.3, 0.4) is 0 Å². The minimum absolute atomic E-state index is 0.0945. The number of rotatable bonds is 8. The highest BCUT2D eigenvalue weighted by molar-refractivity contribution is 8.01. The van der Waals surface area contributed by atoms with Crippen molar-refractivity contribution in [2.75, 3.05) is 17.6 Å². The molecule has 226 valence electrons. The van der Waals surface area contributed by atoms with Gasteiger partial charge in [-0.25, -0.2) is 9.78 Å². The van der Waals surface area contributed by atoms with Gasteiger partial charge in [0, 0.05) is 11.8 Å². The quantitative estimate of drug-likeness (QED) is 0.237. The van der Waals surface area contributed by atoms with Gasteiger partial charge in [0.25, 0.3) is 5.91 Å². The average Bonchev–Trinajstić information content (AvgIpc) is 3.33. The van der Waals surface area contributed by atoms with Crippen molar-refractivity contribution in [3.05, 3.63) is 53.6 Å². The number of halogens is 3. The van der Waals surface area contributed by atoms with E-state index in [0.717, 1.165) is 58.1 Å². The molecule has 4 rings (SSSR count).